The standard InChI is InChI=1S/C31H41FN4O6/c1-19-14-34(25(28(39)41-7)15-35(19)29(40)42-30(2,3)4)16-26(38)36-18-31(5,6)27-24(36)13-21(23(17-37)33-27)12-20-8-10-22(32)11-9-20/h8-11,13,19,25,37H,12,14-18H2,1-7H3/t19-,25-/m1/s1. The minimum absolute atomic E-state index is 0.0291. The van der Waals surface area contributed by atoms with E-state index in [1.165, 1.54) is 24.1 Å². The number of fused-ring (bicyclic) bond motifs is 1. The van der Waals surface area contributed by atoms with Gasteiger partial charge in [-0.1, -0.05) is 26.0 Å². The first-order valence-corrected chi connectivity index (χ1v) is 14.1. The van der Waals surface area contributed by atoms with Crippen LogP contribution in [-0.2, 0) is 37.5 Å². The summed E-state index contributed by atoms with van der Waals surface area (Å²) in [6.45, 7) is 11.5. The van der Waals surface area contributed by atoms with Gasteiger partial charge in [0.15, 0.2) is 0 Å². The van der Waals surface area contributed by atoms with Gasteiger partial charge in [-0.3, -0.25) is 19.5 Å². The molecule has 2 aromatic rings. The zero-order valence-corrected chi connectivity index (χ0v) is 25.4. The average molecular weight is 585 g/mol. The number of carbonyl (C=O) groups excluding carboxylic acids is 3. The van der Waals surface area contributed by atoms with Gasteiger partial charge in [0.1, 0.15) is 17.5 Å². The molecule has 2 atom stereocenters. The Morgan fingerprint density at radius 2 is 1.81 bits per heavy atom. The maximum Gasteiger partial charge on any atom is 0.410 e. The lowest BCUT2D eigenvalue weighted by Gasteiger charge is -2.44. The van der Waals surface area contributed by atoms with Crippen LogP contribution in [-0.4, -0.2) is 88.8 Å². The van der Waals surface area contributed by atoms with Crippen molar-refractivity contribution in [3.8, 4) is 0 Å². The molecule has 4 rings (SSSR count). The van der Waals surface area contributed by atoms with Crippen LogP contribution in [0, 0.1) is 5.82 Å². The minimum atomic E-state index is -0.846. The van der Waals surface area contributed by atoms with E-state index in [2.05, 4.69) is 0 Å². The summed E-state index contributed by atoms with van der Waals surface area (Å²) in [4.78, 5) is 49.3. The normalized spacial score (nSPS) is 20.3. The summed E-state index contributed by atoms with van der Waals surface area (Å²) < 4.78 is 24.1. The molecule has 0 aliphatic carbocycles. The molecule has 1 aromatic heterocycles. The third kappa shape index (κ3) is 6.73. The molecule has 1 aromatic carbocycles. The highest BCUT2D eigenvalue weighted by molar-refractivity contribution is 5.97. The Bertz CT molecular complexity index is 1340. The highest BCUT2D eigenvalue weighted by Gasteiger charge is 2.44. The van der Waals surface area contributed by atoms with Crippen molar-refractivity contribution in [2.45, 2.75) is 77.7 Å². The Kier molecular flexibility index (Phi) is 8.94. The number of aliphatic hydroxyl groups is 1. The van der Waals surface area contributed by atoms with E-state index in [9.17, 15) is 23.9 Å². The Morgan fingerprint density at radius 3 is 2.40 bits per heavy atom. The molecule has 0 unspecified atom stereocenters. The van der Waals surface area contributed by atoms with Crippen LogP contribution in [0.15, 0.2) is 30.3 Å². The predicted octanol–water partition coefficient (Wildman–Crippen LogP) is 3.41. The van der Waals surface area contributed by atoms with Gasteiger partial charge in [-0.15, -0.1) is 0 Å². The summed E-state index contributed by atoms with van der Waals surface area (Å²) in [5, 5.41) is 10.1. The quantitative estimate of drug-likeness (QED) is 0.515. The number of pyridine rings is 1. The highest BCUT2D eigenvalue weighted by atomic mass is 19.1. The molecule has 1 saturated heterocycles. The number of esters is 1. The molecule has 2 amide bonds. The number of ether oxygens (including phenoxy) is 2. The van der Waals surface area contributed by atoms with E-state index >= 15 is 0 Å². The second-order valence-corrected chi connectivity index (χ2v) is 12.7. The SMILES string of the molecule is COC(=O)[C@H]1CN(C(=O)OC(C)(C)C)[C@H](C)CN1CC(=O)N1CC(C)(C)c2nc(CO)c(Cc3ccc(F)cc3)cc21. The fourth-order valence-electron chi connectivity index (χ4n) is 5.59. The molecule has 0 bridgehead atoms. The van der Waals surface area contributed by atoms with Crippen molar-refractivity contribution < 1.29 is 33.4 Å². The van der Waals surface area contributed by atoms with Gasteiger partial charge in [0, 0.05) is 24.5 Å². The molecule has 2 aliphatic heterocycles. The van der Waals surface area contributed by atoms with Gasteiger partial charge in [-0.25, -0.2) is 9.18 Å². The number of methoxy groups -OCH3 is 1. The molecule has 3 heterocycles. The summed E-state index contributed by atoms with van der Waals surface area (Å²) >= 11 is 0. The van der Waals surface area contributed by atoms with E-state index < -0.39 is 29.1 Å². The van der Waals surface area contributed by atoms with E-state index in [0.29, 0.717) is 30.0 Å². The first-order chi connectivity index (χ1) is 19.6. The van der Waals surface area contributed by atoms with E-state index in [4.69, 9.17) is 14.5 Å². The van der Waals surface area contributed by atoms with Crippen LogP contribution >= 0.6 is 0 Å². The number of nitrogens with zero attached hydrogens (tertiary/aromatic N) is 4. The van der Waals surface area contributed by atoms with Crippen LogP contribution in [0.25, 0.3) is 0 Å². The smallest absolute Gasteiger partial charge is 0.410 e. The molecule has 11 heteroatoms. The number of anilines is 1. The lowest BCUT2D eigenvalue weighted by atomic mass is 9.90. The third-order valence-corrected chi connectivity index (χ3v) is 7.70. The second-order valence-electron chi connectivity index (χ2n) is 12.7. The summed E-state index contributed by atoms with van der Waals surface area (Å²) in [5.74, 6) is -1.10. The van der Waals surface area contributed by atoms with Gasteiger partial charge in [-0.05, 0) is 63.4 Å². The lowest BCUT2D eigenvalue weighted by Crippen LogP contribution is -2.63. The van der Waals surface area contributed by atoms with Crippen LogP contribution in [0.5, 0.6) is 0 Å². The van der Waals surface area contributed by atoms with Gasteiger partial charge >= 0.3 is 12.1 Å². The van der Waals surface area contributed by atoms with Crippen LogP contribution < -0.4 is 4.90 Å². The van der Waals surface area contributed by atoms with E-state index in [1.54, 1.807) is 42.7 Å². The monoisotopic (exact) mass is 584 g/mol. The number of piperazine rings is 1. The zero-order chi connectivity index (χ0) is 31.0. The van der Waals surface area contributed by atoms with Crippen LogP contribution in [0.3, 0.4) is 0 Å². The third-order valence-electron chi connectivity index (χ3n) is 7.70. The number of amides is 2. The van der Waals surface area contributed by atoms with Crippen LogP contribution in [0.1, 0.15) is 64.1 Å². The van der Waals surface area contributed by atoms with Gasteiger partial charge < -0.3 is 24.4 Å². The summed E-state index contributed by atoms with van der Waals surface area (Å²) in [6, 6.07) is 6.85. The molecule has 10 nitrogen and oxygen atoms in total. The predicted molar refractivity (Wildman–Crippen MR) is 155 cm³/mol. The molecule has 228 valence electrons. The van der Waals surface area contributed by atoms with Crippen LogP contribution in [0.4, 0.5) is 14.9 Å². The lowest BCUT2D eigenvalue weighted by molar-refractivity contribution is -0.150. The second kappa shape index (κ2) is 12.0. The van der Waals surface area contributed by atoms with Gasteiger partial charge in [-0.2, -0.15) is 0 Å². The Hall–Kier alpha value is -3.57. The van der Waals surface area contributed by atoms with E-state index in [1.807, 2.05) is 26.8 Å². The maximum atomic E-state index is 13.9. The van der Waals surface area contributed by atoms with Gasteiger partial charge in [0.25, 0.3) is 0 Å². The summed E-state index contributed by atoms with van der Waals surface area (Å²) in [6.07, 6.45) is -0.113. The number of halogens is 1. The number of benzene rings is 1. The minimum Gasteiger partial charge on any atom is -0.468 e. The number of carbonyl (C=O) groups is 3. The number of aromatic nitrogens is 1. The average Bonchev–Trinajstić information content (AvgIpc) is 3.17. The van der Waals surface area contributed by atoms with Crippen molar-refractivity contribution in [2.24, 2.45) is 0 Å². The first-order valence-electron chi connectivity index (χ1n) is 14.1. The van der Waals surface area contributed by atoms with E-state index in [0.717, 1.165) is 11.1 Å². The van der Waals surface area contributed by atoms with Crippen molar-refractivity contribution in [1.29, 1.82) is 0 Å². The highest BCUT2D eigenvalue weighted by Crippen LogP contribution is 2.41. The van der Waals surface area contributed by atoms with Gasteiger partial charge in [0.05, 0.1) is 43.9 Å². The number of hydrogen-bond acceptors (Lipinski definition) is 8. The van der Waals surface area contributed by atoms with Crippen molar-refractivity contribution in [2.75, 3.05) is 38.2 Å². The maximum absolute atomic E-state index is 13.9. The number of rotatable bonds is 6. The molecule has 42 heavy (non-hydrogen) atoms. The number of hydrogen-bond donors (Lipinski definition) is 1. The van der Waals surface area contributed by atoms with Crippen molar-refractivity contribution in [3.63, 3.8) is 0 Å². The molecule has 2 aliphatic rings. The zero-order valence-electron chi connectivity index (χ0n) is 25.4. The van der Waals surface area contributed by atoms with Crippen LogP contribution in [0.2, 0.25) is 0 Å². The summed E-state index contributed by atoms with van der Waals surface area (Å²) in [5.41, 5.74) is 2.28. The Morgan fingerprint density at radius 1 is 1.14 bits per heavy atom. The van der Waals surface area contributed by atoms with E-state index in [-0.39, 0.29) is 44.0 Å². The molecular formula is C31H41FN4O6. The Balaban J connectivity index is 1.60. The Labute approximate surface area is 246 Å². The molecule has 0 saturated carbocycles. The van der Waals surface area contributed by atoms with Crippen molar-refractivity contribution in [3.05, 3.63) is 58.7 Å². The van der Waals surface area contributed by atoms with Gasteiger partial charge in [0.2, 0.25) is 5.91 Å². The van der Waals surface area contributed by atoms with Crippen molar-refractivity contribution in [1.82, 2.24) is 14.8 Å². The molecule has 1 N–H and O–H groups in total. The largest absolute Gasteiger partial charge is 0.468 e. The molecule has 0 radical (unpaired) electrons. The molecule has 1 fully saturated rings. The fourth-order valence-corrected chi connectivity index (χ4v) is 5.59. The topological polar surface area (TPSA) is 113 Å². The summed E-state index contributed by atoms with van der Waals surface area (Å²) in [7, 11) is 1.28. The first kappa shape index (κ1) is 31.4. The molecular weight excluding hydrogens is 543 g/mol. The molecule has 0 spiro atoms. The number of aliphatic hydroxyl groups excluding tert-OH is 1. The fraction of sp³-hybridized carbons (Fsp3) is 0.548. The van der Waals surface area contributed by atoms with Crippen molar-refractivity contribution >= 4 is 23.7 Å².